The highest BCUT2D eigenvalue weighted by Gasteiger charge is 2.39. The van der Waals surface area contributed by atoms with Crippen LogP contribution >= 0.6 is 0 Å². The second-order valence-corrected chi connectivity index (χ2v) is 7.38. The number of rotatable bonds is 7. The predicted octanol–water partition coefficient (Wildman–Crippen LogP) is 3.59. The van der Waals surface area contributed by atoms with Gasteiger partial charge in [0.05, 0.1) is 17.6 Å². The third-order valence-electron chi connectivity index (χ3n) is 4.95. The summed E-state index contributed by atoms with van der Waals surface area (Å²) in [6.45, 7) is 6.75. The minimum atomic E-state index is -2.88. The van der Waals surface area contributed by atoms with Gasteiger partial charge in [-0.25, -0.2) is 9.97 Å². The SMILES string of the molecule is CC/N=C(\C(C)C)C(F)(F)CN1CCC(Nc2ncnc3[nH]ccc23)CC1. The van der Waals surface area contributed by atoms with Crippen LogP contribution in [0.4, 0.5) is 14.6 Å². The van der Waals surface area contributed by atoms with Crippen molar-refractivity contribution < 1.29 is 8.78 Å². The molecule has 2 aromatic heterocycles. The zero-order valence-corrected chi connectivity index (χ0v) is 16.2. The molecule has 1 aliphatic heterocycles. The van der Waals surface area contributed by atoms with Gasteiger partial charge in [0.25, 0.3) is 5.92 Å². The quantitative estimate of drug-likeness (QED) is 0.723. The monoisotopic (exact) mass is 378 g/mol. The second-order valence-electron chi connectivity index (χ2n) is 7.38. The number of aromatic nitrogens is 3. The van der Waals surface area contributed by atoms with Gasteiger partial charge >= 0.3 is 0 Å². The Labute approximate surface area is 158 Å². The maximum absolute atomic E-state index is 14.7. The van der Waals surface area contributed by atoms with Crippen molar-refractivity contribution in [3.05, 3.63) is 18.6 Å². The molecular weight excluding hydrogens is 350 g/mol. The van der Waals surface area contributed by atoms with Crippen LogP contribution in [0, 0.1) is 5.92 Å². The first kappa shape index (κ1) is 19.7. The largest absolute Gasteiger partial charge is 0.367 e. The normalized spacial score (nSPS) is 17.8. The Morgan fingerprint density at radius 3 is 2.78 bits per heavy atom. The number of piperidine rings is 1. The van der Waals surface area contributed by atoms with E-state index in [2.05, 4.69) is 25.3 Å². The lowest BCUT2D eigenvalue weighted by Crippen LogP contribution is -2.48. The van der Waals surface area contributed by atoms with Crippen molar-refractivity contribution in [1.82, 2.24) is 19.9 Å². The Hall–Kier alpha value is -2.09. The first-order valence-electron chi connectivity index (χ1n) is 9.60. The molecule has 0 saturated carbocycles. The molecule has 148 valence electrons. The molecule has 3 rings (SSSR count). The number of hydrogen-bond donors (Lipinski definition) is 2. The summed E-state index contributed by atoms with van der Waals surface area (Å²) in [5.74, 6) is -2.34. The Morgan fingerprint density at radius 1 is 1.37 bits per heavy atom. The average molecular weight is 378 g/mol. The van der Waals surface area contributed by atoms with E-state index in [4.69, 9.17) is 0 Å². The molecule has 0 aromatic carbocycles. The van der Waals surface area contributed by atoms with Gasteiger partial charge in [-0.05, 0) is 31.7 Å². The fourth-order valence-corrected chi connectivity index (χ4v) is 3.67. The molecule has 1 saturated heterocycles. The van der Waals surface area contributed by atoms with Crippen molar-refractivity contribution in [3.63, 3.8) is 0 Å². The van der Waals surface area contributed by atoms with E-state index in [0.717, 1.165) is 29.7 Å². The van der Waals surface area contributed by atoms with E-state index in [0.29, 0.717) is 19.6 Å². The minimum Gasteiger partial charge on any atom is -0.367 e. The lowest BCUT2D eigenvalue weighted by atomic mass is 9.99. The fraction of sp³-hybridized carbons (Fsp3) is 0.632. The molecule has 0 bridgehead atoms. The van der Waals surface area contributed by atoms with E-state index in [-0.39, 0.29) is 24.2 Å². The molecular formula is C19H28F2N6. The van der Waals surface area contributed by atoms with E-state index in [9.17, 15) is 8.78 Å². The summed E-state index contributed by atoms with van der Waals surface area (Å²) >= 11 is 0. The Balaban J connectivity index is 1.57. The maximum atomic E-state index is 14.7. The molecule has 2 aromatic rings. The van der Waals surface area contributed by atoms with Gasteiger partial charge in [-0.1, -0.05) is 13.8 Å². The summed E-state index contributed by atoms with van der Waals surface area (Å²) in [6, 6.07) is 2.16. The number of fused-ring (bicyclic) bond motifs is 1. The van der Waals surface area contributed by atoms with Crippen LogP contribution in [0.3, 0.4) is 0 Å². The third-order valence-corrected chi connectivity index (χ3v) is 4.95. The standard InChI is InChI=1S/C19H28F2N6/c1-4-22-16(13(2)3)19(20,21)11-27-9-6-14(7-10-27)26-18-15-5-8-23-17(15)24-12-25-18/h5,8,12-14H,4,6-7,9-11H2,1-3H3,(H2,23,24,25,26)/b22-16+. The average Bonchev–Trinajstić information content (AvgIpc) is 3.10. The van der Waals surface area contributed by atoms with Crippen molar-refractivity contribution in [2.45, 2.75) is 45.6 Å². The zero-order valence-electron chi connectivity index (χ0n) is 16.2. The van der Waals surface area contributed by atoms with Gasteiger partial charge in [-0.15, -0.1) is 0 Å². The summed E-state index contributed by atoms with van der Waals surface area (Å²) < 4.78 is 29.4. The van der Waals surface area contributed by atoms with Gasteiger partial charge in [-0.3, -0.25) is 9.89 Å². The predicted molar refractivity (Wildman–Crippen MR) is 105 cm³/mol. The molecule has 1 aliphatic rings. The molecule has 8 heteroatoms. The molecule has 0 amide bonds. The molecule has 0 unspecified atom stereocenters. The lowest BCUT2D eigenvalue weighted by molar-refractivity contribution is 0.0215. The Morgan fingerprint density at radius 2 is 2.11 bits per heavy atom. The smallest absolute Gasteiger partial charge is 0.298 e. The minimum absolute atomic E-state index is 0.0149. The van der Waals surface area contributed by atoms with Crippen molar-refractivity contribution in [1.29, 1.82) is 0 Å². The number of nitrogens with one attached hydrogen (secondary N) is 2. The number of hydrogen-bond acceptors (Lipinski definition) is 5. The van der Waals surface area contributed by atoms with Crippen LogP contribution in [0.1, 0.15) is 33.6 Å². The van der Waals surface area contributed by atoms with Crippen molar-refractivity contribution in [3.8, 4) is 0 Å². The first-order chi connectivity index (χ1) is 12.9. The highest BCUT2D eigenvalue weighted by Crippen LogP contribution is 2.26. The van der Waals surface area contributed by atoms with E-state index in [1.165, 1.54) is 6.33 Å². The number of H-pyrrole nitrogens is 1. The number of anilines is 1. The van der Waals surface area contributed by atoms with Crippen LogP contribution < -0.4 is 5.32 Å². The van der Waals surface area contributed by atoms with Gasteiger partial charge in [-0.2, -0.15) is 8.78 Å². The van der Waals surface area contributed by atoms with E-state index >= 15 is 0 Å². The van der Waals surface area contributed by atoms with Crippen LogP contribution in [0.25, 0.3) is 11.0 Å². The molecule has 0 radical (unpaired) electrons. The van der Waals surface area contributed by atoms with Crippen LogP contribution in [-0.2, 0) is 0 Å². The molecule has 0 spiro atoms. The molecule has 1 fully saturated rings. The molecule has 2 N–H and O–H groups in total. The number of aromatic amines is 1. The summed E-state index contributed by atoms with van der Waals surface area (Å²) in [5.41, 5.74) is 0.807. The van der Waals surface area contributed by atoms with E-state index in [1.807, 2.05) is 17.2 Å². The Kier molecular flexibility index (Phi) is 6.04. The van der Waals surface area contributed by atoms with Crippen molar-refractivity contribution in [2.24, 2.45) is 10.9 Å². The number of aliphatic imine (C=N–C) groups is 1. The van der Waals surface area contributed by atoms with Crippen molar-refractivity contribution >= 4 is 22.6 Å². The van der Waals surface area contributed by atoms with Crippen LogP contribution in [0.2, 0.25) is 0 Å². The first-order valence-corrected chi connectivity index (χ1v) is 9.60. The number of likely N-dealkylation sites (tertiary alicyclic amines) is 1. The van der Waals surface area contributed by atoms with Crippen LogP contribution in [-0.4, -0.2) is 63.7 Å². The maximum Gasteiger partial charge on any atom is 0.298 e. The zero-order chi connectivity index (χ0) is 19.4. The van der Waals surface area contributed by atoms with Crippen LogP contribution in [0.5, 0.6) is 0 Å². The van der Waals surface area contributed by atoms with Gasteiger partial charge in [0.15, 0.2) is 0 Å². The number of nitrogens with zero attached hydrogens (tertiary/aromatic N) is 4. The topological polar surface area (TPSA) is 69.2 Å². The highest BCUT2D eigenvalue weighted by molar-refractivity contribution is 5.93. The summed E-state index contributed by atoms with van der Waals surface area (Å²) in [5, 5.41) is 4.39. The summed E-state index contributed by atoms with van der Waals surface area (Å²) in [4.78, 5) is 17.5. The molecule has 6 nitrogen and oxygen atoms in total. The van der Waals surface area contributed by atoms with Crippen molar-refractivity contribution in [2.75, 3.05) is 31.5 Å². The third kappa shape index (κ3) is 4.61. The fourth-order valence-electron chi connectivity index (χ4n) is 3.67. The summed E-state index contributed by atoms with van der Waals surface area (Å²) in [6.07, 6.45) is 4.96. The van der Waals surface area contributed by atoms with Gasteiger partial charge in [0, 0.05) is 31.9 Å². The summed E-state index contributed by atoms with van der Waals surface area (Å²) in [7, 11) is 0. The van der Waals surface area contributed by atoms with Crippen LogP contribution in [0.15, 0.2) is 23.6 Å². The lowest BCUT2D eigenvalue weighted by Gasteiger charge is -2.35. The molecule has 0 aliphatic carbocycles. The van der Waals surface area contributed by atoms with E-state index < -0.39 is 5.92 Å². The van der Waals surface area contributed by atoms with Gasteiger partial charge in [0.1, 0.15) is 17.8 Å². The number of halogens is 2. The van der Waals surface area contributed by atoms with E-state index in [1.54, 1.807) is 20.8 Å². The molecule has 3 heterocycles. The van der Waals surface area contributed by atoms with Gasteiger partial charge < -0.3 is 10.3 Å². The second kappa shape index (κ2) is 8.29. The number of alkyl halides is 2. The van der Waals surface area contributed by atoms with Gasteiger partial charge in [0.2, 0.25) is 0 Å². The highest BCUT2D eigenvalue weighted by atomic mass is 19.3. The molecule has 0 atom stereocenters. The Bertz CT molecular complexity index is 777. The molecule has 27 heavy (non-hydrogen) atoms.